The molecule has 1 unspecified atom stereocenters. The molecule has 0 radical (unpaired) electrons. The predicted octanol–water partition coefficient (Wildman–Crippen LogP) is 3.41. The summed E-state index contributed by atoms with van der Waals surface area (Å²) in [4.78, 5) is 0. The van der Waals surface area contributed by atoms with Crippen molar-refractivity contribution in [3.8, 4) is 11.5 Å². The second-order valence-corrected chi connectivity index (χ2v) is 5.35. The van der Waals surface area contributed by atoms with Gasteiger partial charge in [-0.15, -0.1) is 0 Å². The molecule has 2 N–H and O–H groups in total. The van der Waals surface area contributed by atoms with Crippen LogP contribution in [0.25, 0.3) is 0 Å². The van der Waals surface area contributed by atoms with E-state index in [1.807, 2.05) is 18.2 Å². The molecule has 2 aromatic carbocycles. The molecule has 0 bridgehead atoms. The number of hydrogen-bond acceptors (Lipinski definition) is 3. The molecule has 0 aliphatic carbocycles. The van der Waals surface area contributed by atoms with Crippen molar-refractivity contribution in [2.45, 2.75) is 6.04 Å². The highest BCUT2D eigenvalue weighted by Crippen LogP contribution is 2.39. The van der Waals surface area contributed by atoms with Crippen molar-refractivity contribution in [3.05, 3.63) is 57.8 Å². The molecule has 104 valence electrons. The Kier molecular flexibility index (Phi) is 3.63. The van der Waals surface area contributed by atoms with Crippen molar-refractivity contribution in [2.75, 3.05) is 13.2 Å². The summed E-state index contributed by atoms with van der Waals surface area (Å²) >= 11 is 3.18. The van der Waals surface area contributed by atoms with E-state index in [0.29, 0.717) is 34.7 Å². The Hall–Kier alpha value is -1.59. The molecule has 3 rings (SSSR count). The lowest BCUT2D eigenvalue weighted by molar-refractivity contribution is 0.169. The van der Waals surface area contributed by atoms with Gasteiger partial charge in [-0.1, -0.05) is 24.3 Å². The van der Waals surface area contributed by atoms with Crippen molar-refractivity contribution in [3.63, 3.8) is 0 Å². The fourth-order valence-electron chi connectivity index (χ4n) is 2.27. The number of halogens is 2. The summed E-state index contributed by atoms with van der Waals surface area (Å²) in [5, 5.41) is 0. The van der Waals surface area contributed by atoms with E-state index >= 15 is 0 Å². The Morgan fingerprint density at radius 2 is 1.75 bits per heavy atom. The van der Waals surface area contributed by atoms with Crippen molar-refractivity contribution in [1.82, 2.24) is 0 Å². The average Bonchev–Trinajstić information content (AvgIpc) is 2.49. The zero-order valence-electron chi connectivity index (χ0n) is 10.6. The molecule has 1 heterocycles. The summed E-state index contributed by atoms with van der Waals surface area (Å²) < 4.78 is 25.7. The Morgan fingerprint density at radius 1 is 1.05 bits per heavy atom. The molecule has 0 amide bonds. The van der Waals surface area contributed by atoms with E-state index in [0.717, 1.165) is 5.56 Å². The van der Waals surface area contributed by atoms with Crippen LogP contribution in [0.5, 0.6) is 11.5 Å². The third-order valence-corrected chi connectivity index (χ3v) is 3.86. The van der Waals surface area contributed by atoms with Crippen LogP contribution in [-0.2, 0) is 0 Å². The Balaban J connectivity index is 2.07. The summed E-state index contributed by atoms with van der Waals surface area (Å²) in [5.74, 6) is 0.902. The van der Waals surface area contributed by atoms with Crippen LogP contribution >= 0.6 is 15.9 Å². The highest BCUT2D eigenvalue weighted by Gasteiger charge is 2.23. The summed E-state index contributed by atoms with van der Waals surface area (Å²) in [6, 6.07) is 9.96. The molecule has 3 nitrogen and oxygen atoms in total. The van der Waals surface area contributed by atoms with Gasteiger partial charge in [0.15, 0.2) is 11.5 Å². The first-order valence-electron chi connectivity index (χ1n) is 6.26. The Morgan fingerprint density at radius 3 is 2.60 bits per heavy atom. The number of hydrogen-bond donors (Lipinski definition) is 1. The highest BCUT2D eigenvalue weighted by atomic mass is 79.9. The van der Waals surface area contributed by atoms with Gasteiger partial charge in [-0.2, -0.15) is 0 Å². The van der Waals surface area contributed by atoms with Crippen molar-refractivity contribution in [2.24, 2.45) is 5.73 Å². The maximum atomic E-state index is 14.2. The van der Waals surface area contributed by atoms with E-state index in [1.54, 1.807) is 18.2 Å². The van der Waals surface area contributed by atoms with Gasteiger partial charge in [0, 0.05) is 11.1 Å². The smallest absolute Gasteiger partial charge is 0.166 e. The van der Waals surface area contributed by atoms with Gasteiger partial charge in [-0.25, -0.2) is 4.39 Å². The van der Waals surface area contributed by atoms with Gasteiger partial charge < -0.3 is 15.2 Å². The first-order chi connectivity index (χ1) is 9.68. The van der Waals surface area contributed by atoms with Crippen LogP contribution in [0.4, 0.5) is 4.39 Å². The van der Waals surface area contributed by atoms with E-state index in [-0.39, 0.29) is 5.82 Å². The third-order valence-electron chi connectivity index (χ3n) is 3.25. The zero-order valence-corrected chi connectivity index (χ0v) is 12.2. The summed E-state index contributed by atoms with van der Waals surface area (Å²) in [7, 11) is 0. The van der Waals surface area contributed by atoms with Gasteiger partial charge >= 0.3 is 0 Å². The standard InChI is InChI=1S/C15H13BrFNO2/c16-11-5-1-3-9(13(11)17)14(18)10-4-2-6-12-15(10)20-8-7-19-12/h1-6,14H,7-8,18H2. The average molecular weight is 338 g/mol. The fourth-order valence-corrected chi connectivity index (χ4v) is 2.65. The number of benzene rings is 2. The molecular formula is C15H13BrFNO2. The second-order valence-electron chi connectivity index (χ2n) is 4.49. The normalized spacial score (nSPS) is 14.9. The molecule has 0 saturated heterocycles. The topological polar surface area (TPSA) is 44.5 Å². The monoisotopic (exact) mass is 337 g/mol. The van der Waals surface area contributed by atoms with Crippen LogP contribution in [0.2, 0.25) is 0 Å². The van der Waals surface area contributed by atoms with Gasteiger partial charge in [-0.05, 0) is 28.1 Å². The van der Waals surface area contributed by atoms with E-state index in [1.165, 1.54) is 0 Å². The van der Waals surface area contributed by atoms with E-state index in [4.69, 9.17) is 15.2 Å². The molecular weight excluding hydrogens is 325 g/mol. The Bertz CT molecular complexity index is 648. The predicted molar refractivity (Wildman–Crippen MR) is 77.6 cm³/mol. The van der Waals surface area contributed by atoms with Gasteiger partial charge in [0.05, 0.1) is 10.5 Å². The third kappa shape index (κ3) is 2.27. The largest absolute Gasteiger partial charge is 0.486 e. The molecule has 0 fully saturated rings. The lowest BCUT2D eigenvalue weighted by Gasteiger charge is -2.24. The first-order valence-corrected chi connectivity index (χ1v) is 7.06. The van der Waals surface area contributed by atoms with E-state index in [2.05, 4.69) is 15.9 Å². The minimum Gasteiger partial charge on any atom is -0.486 e. The minimum atomic E-state index is -0.607. The first kappa shape index (κ1) is 13.4. The zero-order chi connectivity index (χ0) is 14.1. The fraction of sp³-hybridized carbons (Fsp3) is 0.200. The number of fused-ring (bicyclic) bond motifs is 1. The molecule has 0 aromatic heterocycles. The number of rotatable bonds is 2. The molecule has 1 atom stereocenters. The molecule has 5 heteroatoms. The lowest BCUT2D eigenvalue weighted by Crippen LogP contribution is -2.20. The molecule has 2 aromatic rings. The summed E-state index contributed by atoms with van der Waals surface area (Å²) in [5.41, 5.74) is 7.35. The van der Waals surface area contributed by atoms with Crippen LogP contribution in [-0.4, -0.2) is 13.2 Å². The van der Waals surface area contributed by atoms with Crippen molar-refractivity contribution >= 4 is 15.9 Å². The van der Waals surface area contributed by atoms with Crippen LogP contribution in [0.3, 0.4) is 0 Å². The lowest BCUT2D eigenvalue weighted by atomic mass is 9.97. The molecule has 0 saturated carbocycles. The molecule has 1 aliphatic rings. The van der Waals surface area contributed by atoms with Crippen LogP contribution in [0.15, 0.2) is 40.9 Å². The van der Waals surface area contributed by atoms with Crippen LogP contribution in [0.1, 0.15) is 17.2 Å². The quantitative estimate of drug-likeness (QED) is 0.913. The van der Waals surface area contributed by atoms with Gasteiger partial charge in [-0.3, -0.25) is 0 Å². The molecule has 20 heavy (non-hydrogen) atoms. The SMILES string of the molecule is NC(c1cccc(Br)c1F)c1cccc2c1OCCO2. The number of nitrogens with two attached hydrogens (primary N) is 1. The molecule has 1 aliphatic heterocycles. The molecule has 0 spiro atoms. The van der Waals surface area contributed by atoms with Gasteiger partial charge in [0.2, 0.25) is 0 Å². The van der Waals surface area contributed by atoms with Crippen LogP contribution in [0, 0.1) is 5.82 Å². The maximum absolute atomic E-state index is 14.2. The van der Waals surface area contributed by atoms with Crippen LogP contribution < -0.4 is 15.2 Å². The second kappa shape index (κ2) is 5.42. The van der Waals surface area contributed by atoms with Crippen molar-refractivity contribution < 1.29 is 13.9 Å². The Labute approximate surface area is 124 Å². The van der Waals surface area contributed by atoms with Gasteiger partial charge in [0.25, 0.3) is 0 Å². The van der Waals surface area contributed by atoms with Gasteiger partial charge in [0.1, 0.15) is 19.0 Å². The number of ether oxygens (including phenoxy) is 2. The van der Waals surface area contributed by atoms with E-state index < -0.39 is 6.04 Å². The van der Waals surface area contributed by atoms with Crippen molar-refractivity contribution in [1.29, 1.82) is 0 Å². The summed E-state index contributed by atoms with van der Waals surface area (Å²) in [6.45, 7) is 0.981. The maximum Gasteiger partial charge on any atom is 0.166 e. The van der Waals surface area contributed by atoms with E-state index in [9.17, 15) is 4.39 Å². The number of para-hydroxylation sites is 1. The highest BCUT2D eigenvalue weighted by molar-refractivity contribution is 9.10. The summed E-state index contributed by atoms with van der Waals surface area (Å²) in [6.07, 6.45) is 0. The minimum absolute atomic E-state index is 0.352.